The van der Waals surface area contributed by atoms with Crippen LogP contribution in [0.3, 0.4) is 0 Å². The predicted octanol–water partition coefficient (Wildman–Crippen LogP) is 1.73. The van der Waals surface area contributed by atoms with E-state index in [0.717, 1.165) is 17.4 Å². The normalized spacial score (nSPS) is 49.2. The highest BCUT2D eigenvalue weighted by atomic mass is 15.6. The van der Waals surface area contributed by atoms with E-state index in [1.807, 2.05) is 0 Å². The zero-order valence-corrected chi connectivity index (χ0v) is 8.79. The Bertz CT molecular complexity index is 222. The molecule has 2 heteroatoms. The zero-order valence-electron chi connectivity index (χ0n) is 8.79. The van der Waals surface area contributed by atoms with Crippen LogP contribution in [-0.2, 0) is 0 Å². The Morgan fingerprint density at radius 3 is 2.38 bits per heavy atom. The lowest BCUT2D eigenvalue weighted by molar-refractivity contribution is -0.221. The zero-order chi connectivity index (χ0) is 9.05. The van der Waals surface area contributed by atoms with Crippen LogP contribution in [0.4, 0.5) is 0 Å². The highest BCUT2D eigenvalue weighted by molar-refractivity contribution is 5.12. The number of piperidine rings is 1. The third-order valence-corrected chi connectivity index (χ3v) is 4.90. The largest absolute Gasteiger partial charge is 0.248 e. The van der Waals surface area contributed by atoms with Gasteiger partial charge < -0.3 is 0 Å². The van der Waals surface area contributed by atoms with Gasteiger partial charge in [-0.15, -0.1) is 0 Å². The Kier molecular flexibility index (Phi) is 1.58. The lowest BCUT2D eigenvalue weighted by atomic mass is 9.45. The molecular weight excluding hydrogens is 160 g/mol. The third kappa shape index (κ3) is 0.861. The third-order valence-electron chi connectivity index (χ3n) is 4.90. The van der Waals surface area contributed by atoms with E-state index in [-0.39, 0.29) is 0 Å². The summed E-state index contributed by atoms with van der Waals surface area (Å²) in [5.41, 5.74) is 0.794. The van der Waals surface area contributed by atoms with Gasteiger partial charge in [0.15, 0.2) is 0 Å². The molecule has 1 saturated heterocycles. The van der Waals surface area contributed by atoms with Crippen LogP contribution in [0.25, 0.3) is 0 Å². The van der Waals surface area contributed by atoms with E-state index in [2.05, 4.69) is 24.1 Å². The minimum atomic E-state index is 0.794. The molecule has 2 aliphatic carbocycles. The molecule has 2 nitrogen and oxygen atoms in total. The van der Waals surface area contributed by atoms with E-state index in [1.165, 1.54) is 38.6 Å². The minimum absolute atomic E-state index is 0.794. The maximum Gasteiger partial charge on any atom is 0.0304 e. The lowest BCUT2D eigenvalue weighted by Crippen LogP contribution is -2.69. The van der Waals surface area contributed by atoms with Crippen molar-refractivity contribution in [3.05, 3.63) is 0 Å². The van der Waals surface area contributed by atoms with Gasteiger partial charge in [-0.1, -0.05) is 0 Å². The number of nitrogens with zero attached hydrogens (tertiary/aromatic N) is 2. The summed E-state index contributed by atoms with van der Waals surface area (Å²) in [5.74, 6) is 1.10. The topological polar surface area (TPSA) is 6.48 Å². The first-order valence-electron chi connectivity index (χ1n) is 5.68. The first-order chi connectivity index (χ1) is 6.24. The van der Waals surface area contributed by atoms with Crippen LogP contribution < -0.4 is 0 Å². The fraction of sp³-hybridized carbons (Fsp3) is 1.00. The van der Waals surface area contributed by atoms with Crippen molar-refractivity contribution in [1.82, 2.24) is 10.0 Å². The molecule has 3 unspecified atom stereocenters. The van der Waals surface area contributed by atoms with Crippen molar-refractivity contribution in [3.63, 3.8) is 0 Å². The van der Waals surface area contributed by atoms with Crippen LogP contribution in [0.15, 0.2) is 0 Å². The lowest BCUT2D eigenvalue weighted by Gasteiger charge is -2.68. The summed E-state index contributed by atoms with van der Waals surface area (Å²) < 4.78 is 0. The summed E-state index contributed by atoms with van der Waals surface area (Å²) in [6.07, 6.45) is 7.47. The van der Waals surface area contributed by atoms with Crippen molar-refractivity contribution in [2.24, 2.45) is 11.3 Å². The predicted molar refractivity (Wildman–Crippen MR) is 53.2 cm³/mol. The monoisotopic (exact) mass is 180 g/mol. The number of rotatable bonds is 1. The Hall–Kier alpha value is -0.0800. The fourth-order valence-corrected chi connectivity index (χ4v) is 3.93. The van der Waals surface area contributed by atoms with Crippen molar-refractivity contribution in [2.45, 2.75) is 38.1 Å². The number of hydrogen-bond donors (Lipinski definition) is 0. The second kappa shape index (κ2) is 2.48. The van der Waals surface area contributed by atoms with Gasteiger partial charge >= 0.3 is 0 Å². The number of hydrogen-bond acceptors (Lipinski definition) is 2. The SMILES string of the molecule is CN(C)N1CCC2CCC23CCC13. The van der Waals surface area contributed by atoms with Gasteiger partial charge in [0.1, 0.15) is 0 Å². The van der Waals surface area contributed by atoms with E-state index >= 15 is 0 Å². The fourth-order valence-electron chi connectivity index (χ4n) is 3.93. The molecule has 1 aliphatic heterocycles. The molecule has 0 bridgehead atoms. The first kappa shape index (κ1) is 8.25. The Balaban J connectivity index is 1.81. The molecule has 0 N–H and O–H groups in total. The smallest absolute Gasteiger partial charge is 0.0304 e. The van der Waals surface area contributed by atoms with Crippen LogP contribution >= 0.6 is 0 Å². The van der Waals surface area contributed by atoms with Gasteiger partial charge in [-0.3, -0.25) is 0 Å². The van der Waals surface area contributed by atoms with Crippen molar-refractivity contribution < 1.29 is 0 Å². The summed E-state index contributed by atoms with van der Waals surface area (Å²) >= 11 is 0. The van der Waals surface area contributed by atoms with Crippen LogP contribution in [0.2, 0.25) is 0 Å². The molecule has 13 heavy (non-hydrogen) atoms. The number of hydrazine groups is 1. The molecule has 2 saturated carbocycles. The molecule has 3 aliphatic rings. The van der Waals surface area contributed by atoms with E-state index in [4.69, 9.17) is 0 Å². The van der Waals surface area contributed by atoms with Gasteiger partial charge in [-0.2, -0.15) is 0 Å². The highest BCUT2D eigenvalue weighted by Gasteiger charge is 2.61. The second-order valence-corrected chi connectivity index (χ2v) is 5.32. The van der Waals surface area contributed by atoms with Gasteiger partial charge in [-0.05, 0) is 43.4 Å². The van der Waals surface area contributed by atoms with Crippen LogP contribution in [-0.4, -0.2) is 36.7 Å². The van der Waals surface area contributed by atoms with Gasteiger partial charge in [0.05, 0.1) is 0 Å². The minimum Gasteiger partial charge on any atom is -0.248 e. The molecule has 3 rings (SSSR count). The molecule has 1 heterocycles. The van der Waals surface area contributed by atoms with E-state index in [9.17, 15) is 0 Å². The van der Waals surface area contributed by atoms with Gasteiger partial charge in [0.25, 0.3) is 0 Å². The summed E-state index contributed by atoms with van der Waals surface area (Å²) in [4.78, 5) is 0. The Labute approximate surface area is 80.9 Å². The van der Waals surface area contributed by atoms with Crippen molar-refractivity contribution in [1.29, 1.82) is 0 Å². The summed E-state index contributed by atoms with van der Waals surface area (Å²) in [7, 11) is 4.40. The van der Waals surface area contributed by atoms with Gasteiger partial charge in [-0.25, -0.2) is 10.0 Å². The standard InChI is InChI=1S/C11H20N2/c1-12(2)13-8-5-9-3-6-11(9)7-4-10(11)13/h9-10H,3-8H2,1-2H3. The molecule has 0 aromatic carbocycles. The molecule has 0 aromatic rings. The molecule has 74 valence electrons. The summed E-state index contributed by atoms with van der Waals surface area (Å²) in [6, 6.07) is 0.912. The van der Waals surface area contributed by atoms with Crippen LogP contribution in [0.5, 0.6) is 0 Å². The van der Waals surface area contributed by atoms with Crippen molar-refractivity contribution in [3.8, 4) is 0 Å². The summed E-state index contributed by atoms with van der Waals surface area (Å²) in [6.45, 7) is 1.31. The maximum atomic E-state index is 2.61. The van der Waals surface area contributed by atoms with E-state index in [0.29, 0.717) is 0 Å². The highest BCUT2D eigenvalue weighted by Crippen LogP contribution is 2.64. The van der Waals surface area contributed by atoms with E-state index in [1.54, 1.807) is 0 Å². The van der Waals surface area contributed by atoms with Crippen LogP contribution in [0, 0.1) is 11.3 Å². The molecule has 3 atom stereocenters. The van der Waals surface area contributed by atoms with E-state index < -0.39 is 0 Å². The van der Waals surface area contributed by atoms with Gasteiger partial charge in [0, 0.05) is 26.7 Å². The molecule has 0 amide bonds. The Morgan fingerprint density at radius 1 is 1.15 bits per heavy atom. The van der Waals surface area contributed by atoms with Crippen molar-refractivity contribution >= 4 is 0 Å². The Morgan fingerprint density at radius 2 is 1.92 bits per heavy atom. The average Bonchev–Trinajstić information content (AvgIpc) is 1.96. The molecule has 1 spiro atoms. The molecular formula is C11H20N2. The van der Waals surface area contributed by atoms with Gasteiger partial charge in [0.2, 0.25) is 0 Å². The molecule has 0 radical (unpaired) electrons. The average molecular weight is 180 g/mol. The quantitative estimate of drug-likeness (QED) is 0.606. The molecule has 3 fully saturated rings. The summed E-state index contributed by atoms with van der Waals surface area (Å²) in [5, 5.41) is 4.93. The first-order valence-corrected chi connectivity index (χ1v) is 5.68. The van der Waals surface area contributed by atoms with Crippen molar-refractivity contribution in [2.75, 3.05) is 20.6 Å². The maximum absolute atomic E-state index is 2.61. The van der Waals surface area contributed by atoms with Crippen LogP contribution in [0.1, 0.15) is 32.1 Å². The molecule has 0 aromatic heterocycles. The second-order valence-electron chi connectivity index (χ2n) is 5.32.